The molecule has 140 valence electrons. The Labute approximate surface area is 162 Å². The Morgan fingerprint density at radius 3 is 2.37 bits per heavy atom. The molecule has 1 heterocycles. The molecule has 0 spiro atoms. The highest BCUT2D eigenvalue weighted by Gasteiger charge is 2.32. The van der Waals surface area contributed by atoms with Gasteiger partial charge in [0, 0.05) is 22.8 Å². The molecule has 0 aliphatic carbocycles. The summed E-state index contributed by atoms with van der Waals surface area (Å²) in [4.78, 5) is 42.0. The first-order valence-electron chi connectivity index (χ1n) is 8.67. The third kappa shape index (κ3) is 4.28. The molecule has 3 amide bonds. The van der Waals surface area contributed by atoms with Crippen LogP contribution in [0.4, 0.5) is 5.69 Å². The summed E-state index contributed by atoms with van der Waals surface area (Å²) in [6.07, 6.45) is 0. The van der Waals surface area contributed by atoms with Gasteiger partial charge in [-0.2, -0.15) is 0 Å². The van der Waals surface area contributed by atoms with Gasteiger partial charge in [0.05, 0.1) is 0 Å². The predicted octanol–water partition coefficient (Wildman–Crippen LogP) is 2.64. The fraction of sp³-hybridized carbons (Fsp3) is 0.250. The molecular weight excluding hydrogens is 366 g/mol. The molecule has 2 aromatic carbocycles. The highest BCUT2D eigenvalue weighted by Crippen LogP contribution is 2.22. The number of benzene rings is 2. The first-order chi connectivity index (χ1) is 13.0. The standard InChI is InChI=1S/C20H20ClN3O3/c1-2-22(20(27)15-6-4-3-5-7-15)12-18(25)23-13-19(26)24(14-23)17-10-8-16(21)9-11-17/h3-11H,2,12-14H2,1H3. The number of amides is 3. The van der Waals surface area contributed by atoms with E-state index >= 15 is 0 Å². The van der Waals surface area contributed by atoms with Crippen molar-refractivity contribution in [3.63, 3.8) is 0 Å². The van der Waals surface area contributed by atoms with Crippen LogP contribution < -0.4 is 4.90 Å². The predicted molar refractivity (Wildman–Crippen MR) is 104 cm³/mol. The quantitative estimate of drug-likeness (QED) is 0.794. The topological polar surface area (TPSA) is 60.9 Å². The van der Waals surface area contributed by atoms with Gasteiger partial charge < -0.3 is 9.80 Å². The van der Waals surface area contributed by atoms with Crippen molar-refractivity contribution in [2.45, 2.75) is 6.92 Å². The summed E-state index contributed by atoms with van der Waals surface area (Å²) in [5, 5.41) is 0.580. The van der Waals surface area contributed by atoms with Gasteiger partial charge in [-0.15, -0.1) is 0 Å². The van der Waals surface area contributed by atoms with E-state index in [9.17, 15) is 14.4 Å². The van der Waals surface area contributed by atoms with Crippen molar-refractivity contribution in [2.24, 2.45) is 0 Å². The minimum absolute atomic E-state index is 0.00145. The lowest BCUT2D eigenvalue weighted by atomic mass is 10.2. The van der Waals surface area contributed by atoms with E-state index in [0.717, 1.165) is 0 Å². The van der Waals surface area contributed by atoms with Gasteiger partial charge in [-0.05, 0) is 43.3 Å². The lowest BCUT2D eigenvalue weighted by molar-refractivity contribution is -0.132. The number of carbonyl (C=O) groups is 3. The van der Waals surface area contributed by atoms with Crippen LogP contribution in [0.25, 0.3) is 0 Å². The number of carbonyl (C=O) groups excluding carboxylic acids is 3. The van der Waals surface area contributed by atoms with Crippen LogP contribution in [0, 0.1) is 0 Å². The first kappa shape index (κ1) is 18.9. The summed E-state index contributed by atoms with van der Waals surface area (Å²) < 4.78 is 0. The zero-order valence-corrected chi connectivity index (χ0v) is 15.7. The average Bonchev–Trinajstić information content (AvgIpc) is 3.08. The third-order valence-corrected chi connectivity index (χ3v) is 4.70. The second kappa shape index (κ2) is 8.22. The van der Waals surface area contributed by atoms with Gasteiger partial charge in [-0.1, -0.05) is 29.8 Å². The van der Waals surface area contributed by atoms with Crippen molar-refractivity contribution < 1.29 is 14.4 Å². The number of anilines is 1. The molecule has 0 radical (unpaired) electrons. The smallest absolute Gasteiger partial charge is 0.254 e. The van der Waals surface area contributed by atoms with E-state index in [1.165, 1.54) is 14.7 Å². The average molecular weight is 386 g/mol. The SMILES string of the molecule is CCN(CC(=O)N1CC(=O)N(c2ccc(Cl)cc2)C1)C(=O)c1ccccc1. The molecule has 0 aromatic heterocycles. The summed E-state index contributed by atoms with van der Waals surface area (Å²) in [7, 11) is 0. The molecule has 3 rings (SSSR count). The molecule has 27 heavy (non-hydrogen) atoms. The number of hydrogen-bond acceptors (Lipinski definition) is 3. The maximum absolute atomic E-state index is 12.7. The van der Waals surface area contributed by atoms with E-state index in [1.54, 1.807) is 48.5 Å². The Kier molecular flexibility index (Phi) is 5.76. The molecule has 0 N–H and O–H groups in total. The normalized spacial score (nSPS) is 13.8. The van der Waals surface area contributed by atoms with E-state index in [4.69, 9.17) is 11.6 Å². The zero-order chi connectivity index (χ0) is 19.4. The van der Waals surface area contributed by atoms with Crippen LogP contribution in [-0.2, 0) is 9.59 Å². The highest BCUT2D eigenvalue weighted by molar-refractivity contribution is 6.30. The molecule has 1 aliphatic heterocycles. The van der Waals surface area contributed by atoms with E-state index in [0.29, 0.717) is 22.8 Å². The Morgan fingerprint density at radius 1 is 1.07 bits per heavy atom. The van der Waals surface area contributed by atoms with Gasteiger partial charge in [0.25, 0.3) is 5.91 Å². The molecule has 7 heteroatoms. The maximum Gasteiger partial charge on any atom is 0.254 e. The van der Waals surface area contributed by atoms with E-state index < -0.39 is 0 Å². The number of nitrogens with zero attached hydrogens (tertiary/aromatic N) is 3. The molecule has 6 nitrogen and oxygen atoms in total. The summed E-state index contributed by atoms with van der Waals surface area (Å²) in [5.74, 6) is -0.624. The maximum atomic E-state index is 12.7. The minimum Gasteiger partial charge on any atom is -0.330 e. The van der Waals surface area contributed by atoms with Gasteiger partial charge in [-0.3, -0.25) is 19.3 Å². The van der Waals surface area contributed by atoms with Crippen molar-refractivity contribution in [3.05, 3.63) is 65.2 Å². The van der Waals surface area contributed by atoms with E-state index in [1.807, 2.05) is 13.0 Å². The summed E-state index contributed by atoms with van der Waals surface area (Å²) in [5.41, 5.74) is 1.22. The number of hydrogen-bond donors (Lipinski definition) is 0. The molecular formula is C20H20ClN3O3. The first-order valence-corrected chi connectivity index (χ1v) is 9.05. The lowest BCUT2D eigenvalue weighted by Gasteiger charge is -2.24. The minimum atomic E-state index is -0.258. The Morgan fingerprint density at radius 2 is 1.74 bits per heavy atom. The monoisotopic (exact) mass is 385 g/mol. The van der Waals surface area contributed by atoms with Crippen LogP contribution in [0.3, 0.4) is 0 Å². The molecule has 1 saturated heterocycles. The third-order valence-electron chi connectivity index (χ3n) is 4.45. The number of halogens is 1. The van der Waals surface area contributed by atoms with Crippen LogP contribution in [0.2, 0.25) is 5.02 Å². The summed E-state index contributed by atoms with van der Waals surface area (Å²) in [6, 6.07) is 15.7. The molecule has 0 unspecified atom stereocenters. The van der Waals surface area contributed by atoms with Crippen molar-refractivity contribution in [1.29, 1.82) is 0 Å². The fourth-order valence-corrected chi connectivity index (χ4v) is 3.04. The number of likely N-dealkylation sites (N-methyl/N-ethyl adjacent to an activating group) is 1. The van der Waals surface area contributed by atoms with Crippen LogP contribution in [-0.4, -0.2) is 53.8 Å². The van der Waals surface area contributed by atoms with Crippen molar-refractivity contribution in [2.75, 3.05) is 31.2 Å². The number of rotatable bonds is 5. The second-order valence-corrected chi connectivity index (χ2v) is 6.65. The largest absolute Gasteiger partial charge is 0.330 e. The molecule has 0 bridgehead atoms. The molecule has 1 fully saturated rings. The van der Waals surface area contributed by atoms with E-state index in [2.05, 4.69) is 0 Å². The van der Waals surface area contributed by atoms with Gasteiger partial charge >= 0.3 is 0 Å². The van der Waals surface area contributed by atoms with Crippen LogP contribution >= 0.6 is 11.6 Å². The Hall–Kier alpha value is -2.86. The van der Waals surface area contributed by atoms with Gasteiger partial charge in [0.15, 0.2) is 0 Å². The van der Waals surface area contributed by atoms with Gasteiger partial charge in [0.1, 0.15) is 19.8 Å². The lowest BCUT2D eigenvalue weighted by Crippen LogP contribution is -2.42. The van der Waals surface area contributed by atoms with Gasteiger partial charge in [0.2, 0.25) is 11.8 Å². The molecule has 2 aromatic rings. The summed E-state index contributed by atoms with van der Waals surface area (Å²) in [6.45, 7) is 2.33. The van der Waals surface area contributed by atoms with Crippen LogP contribution in [0.1, 0.15) is 17.3 Å². The van der Waals surface area contributed by atoms with Crippen molar-refractivity contribution in [3.8, 4) is 0 Å². The van der Waals surface area contributed by atoms with Crippen LogP contribution in [0.15, 0.2) is 54.6 Å². The van der Waals surface area contributed by atoms with Crippen molar-refractivity contribution in [1.82, 2.24) is 9.80 Å². The van der Waals surface area contributed by atoms with E-state index in [-0.39, 0.29) is 37.5 Å². The molecule has 0 atom stereocenters. The fourth-order valence-electron chi connectivity index (χ4n) is 2.92. The summed E-state index contributed by atoms with van der Waals surface area (Å²) >= 11 is 5.88. The molecule has 1 aliphatic rings. The zero-order valence-electron chi connectivity index (χ0n) is 15.0. The Balaban J connectivity index is 1.66. The highest BCUT2D eigenvalue weighted by atomic mass is 35.5. The van der Waals surface area contributed by atoms with Gasteiger partial charge in [-0.25, -0.2) is 0 Å². The second-order valence-electron chi connectivity index (χ2n) is 6.22. The van der Waals surface area contributed by atoms with Crippen molar-refractivity contribution >= 4 is 35.0 Å². The van der Waals surface area contributed by atoms with Crippen LogP contribution in [0.5, 0.6) is 0 Å². The Bertz CT molecular complexity index is 839. The molecule has 0 saturated carbocycles.